The minimum atomic E-state index is -3.82. The van der Waals surface area contributed by atoms with Gasteiger partial charge >= 0.3 is 5.97 Å². The molecule has 0 aliphatic rings. The van der Waals surface area contributed by atoms with Crippen molar-refractivity contribution in [3.8, 4) is 5.75 Å². The summed E-state index contributed by atoms with van der Waals surface area (Å²) in [5.74, 6) is -0.781. The van der Waals surface area contributed by atoms with Gasteiger partial charge in [0, 0.05) is 10.7 Å². The Hall–Kier alpha value is -2.78. The molecule has 10 heteroatoms. The van der Waals surface area contributed by atoms with Crippen LogP contribution in [0, 0.1) is 6.92 Å². The summed E-state index contributed by atoms with van der Waals surface area (Å²) in [6.45, 7) is 3.19. The van der Waals surface area contributed by atoms with E-state index in [1.807, 2.05) is 0 Å². The summed E-state index contributed by atoms with van der Waals surface area (Å²) in [7, 11) is -2.43. The van der Waals surface area contributed by atoms with E-state index in [4.69, 9.17) is 21.1 Å². The number of aryl methyl sites for hydroxylation is 1. The quantitative estimate of drug-likeness (QED) is 0.614. The van der Waals surface area contributed by atoms with Crippen molar-refractivity contribution in [3.63, 3.8) is 0 Å². The van der Waals surface area contributed by atoms with E-state index in [0.29, 0.717) is 21.8 Å². The molecule has 2 rings (SSSR count). The van der Waals surface area contributed by atoms with Crippen molar-refractivity contribution in [2.24, 2.45) is 0 Å². The van der Waals surface area contributed by atoms with E-state index in [1.54, 1.807) is 32.0 Å². The van der Waals surface area contributed by atoms with Gasteiger partial charge in [-0.05, 0) is 55.8 Å². The van der Waals surface area contributed by atoms with Gasteiger partial charge in [0.15, 0.2) is 0 Å². The summed E-state index contributed by atoms with van der Waals surface area (Å²) in [4.78, 5) is 24.4. The van der Waals surface area contributed by atoms with Crippen LogP contribution in [0.25, 0.3) is 0 Å². The van der Waals surface area contributed by atoms with E-state index in [2.05, 4.69) is 5.32 Å². The molecule has 1 amide bonds. The molecule has 8 nitrogen and oxygen atoms in total. The molecule has 162 valence electrons. The largest absolute Gasteiger partial charge is 0.495 e. The van der Waals surface area contributed by atoms with Gasteiger partial charge < -0.3 is 14.8 Å². The number of halogens is 1. The number of hydrogen-bond acceptors (Lipinski definition) is 6. The molecule has 30 heavy (non-hydrogen) atoms. The molecule has 0 fully saturated rings. The number of methoxy groups -OCH3 is 1. The van der Waals surface area contributed by atoms with E-state index in [1.165, 1.54) is 25.3 Å². The number of sulfonamides is 1. The summed E-state index contributed by atoms with van der Waals surface area (Å²) in [5.41, 5.74) is 1.57. The second-order valence-corrected chi connectivity index (χ2v) is 8.73. The smallest absolute Gasteiger partial charge is 0.338 e. The van der Waals surface area contributed by atoms with Crippen LogP contribution in [-0.4, -0.2) is 46.8 Å². The summed E-state index contributed by atoms with van der Waals surface area (Å²) >= 11 is 6.00. The van der Waals surface area contributed by atoms with Crippen LogP contribution >= 0.6 is 11.6 Å². The SMILES string of the molecule is CCOC(=O)c1ccc(NC(=O)CN(c2cc(Cl)ccc2OC)S(C)(=O)=O)c(C)c1. The Morgan fingerprint density at radius 1 is 1.17 bits per heavy atom. The number of rotatable bonds is 8. The number of carbonyl (C=O) groups excluding carboxylic acids is 2. The van der Waals surface area contributed by atoms with Crippen LogP contribution in [-0.2, 0) is 19.6 Å². The molecule has 0 unspecified atom stereocenters. The standard InChI is InChI=1S/C20H23ClN2O6S/c1-5-29-20(25)14-6-8-16(13(2)10-14)22-19(24)12-23(30(4,26)27)17-11-15(21)7-9-18(17)28-3/h6-11H,5,12H2,1-4H3,(H,22,24). The number of nitrogens with zero attached hydrogens (tertiary/aromatic N) is 1. The lowest BCUT2D eigenvalue weighted by Gasteiger charge is -2.24. The lowest BCUT2D eigenvalue weighted by Crippen LogP contribution is -2.37. The van der Waals surface area contributed by atoms with Crippen LogP contribution in [0.5, 0.6) is 5.75 Å². The normalized spacial score (nSPS) is 11.0. The van der Waals surface area contributed by atoms with Crippen LogP contribution < -0.4 is 14.4 Å². The highest BCUT2D eigenvalue weighted by atomic mass is 35.5. The van der Waals surface area contributed by atoms with E-state index in [-0.39, 0.29) is 18.0 Å². The molecule has 0 radical (unpaired) electrons. The number of carbonyl (C=O) groups is 2. The van der Waals surface area contributed by atoms with Crippen molar-refractivity contribution < 1.29 is 27.5 Å². The minimum absolute atomic E-state index is 0.150. The van der Waals surface area contributed by atoms with E-state index < -0.39 is 28.4 Å². The van der Waals surface area contributed by atoms with Gasteiger partial charge in [0.25, 0.3) is 0 Å². The molecule has 0 bridgehead atoms. The lowest BCUT2D eigenvalue weighted by molar-refractivity contribution is -0.114. The highest BCUT2D eigenvalue weighted by Crippen LogP contribution is 2.32. The first-order valence-corrected chi connectivity index (χ1v) is 11.2. The van der Waals surface area contributed by atoms with Gasteiger partial charge in [-0.2, -0.15) is 0 Å². The van der Waals surface area contributed by atoms with Gasteiger partial charge in [0.2, 0.25) is 15.9 Å². The molecule has 0 saturated heterocycles. The number of amides is 1. The van der Waals surface area contributed by atoms with Crippen molar-refractivity contribution >= 4 is 44.9 Å². The first-order chi connectivity index (χ1) is 14.1. The van der Waals surface area contributed by atoms with Gasteiger partial charge in [-0.3, -0.25) is 9.10 Å². The third-order valence-electron chi connectivity index (χ3n) is 4.11. The highest BCUT2D eigenvalue weighted by Gasteiger charge is 2.24. The predicted octanol–water partition coefficient (Wildman–Crippen LogP) is 3.24. The van der Waals surface area contributed by atoms with Gasteiger partial charge in [0.05, 0.1) is 31.2 Å². The average Bonchev–Trinajstić information content (AvgIpc) is 2.67. The molecule has 0 heterocycles. The molecule has 2 aromatic rings. The fraction of sp³-hybridized carbons (Fsp3) is 0.300. The molecule has 0 aliphatic heterocycles. The molecule has 0 aliphatic carbocycles. The zero-order chi connectivity index (χ0) is 22.5. The summed E-state index contributed by atoms with van der Waals surface area (Å²) < 4.78 is 35.8. The third kappa shape index (κ3) is 5.87. The molecule has 1 N–H and O–H groups in total. The van der Waals surface area contributed by atoms with E-state index in [9.17, 15) is 18.0 Å². The van der Waals surface area contributed by atoms with Gasteiger partial charge in [-0.1, -0.05) is 11.6 Å². The Balaban J connectivity index is 2.26. The van der Waals surface area contributed by atoms with Crippen LogP contribution in [0.2, 0.25) is 5.02 Å². The highest BCUT2D eigenvalue weighted by molar-refractivity contribution is 7.92. The minimum Gasteiger partial charge on any atom is -0.495 e. The Morgan fingerprint density at radius 3 is 2.43 bits per heavy atom. The van der Waals surface area contributed by atoms with Crippen molar-refractivity contribution in [2.75, 3.05) is 36.1 Å². The molecule has 0 aromatic heterocycles. The van der Waals surface area contributed by atoms with Crippen LogP contribution in [0.4, 0.5) is 11.4 Å². The van der Waals surface area contributed by atoms with Crippen LogP contribution in [0.15, 0.2) is 36.4 Å². The maximum Gasteiger partial charge on any atom is 0.338 e. The summed E-state index contributed by atoms with van der Waals surface area (Å²) in [6.07, 6.45) is 0.986. The summed E-state index contributed by atoms with van der Waals surface area (Å²) in [6, 6.07) is 9.15. The maximum absolute atomic E-state index is 12.6. The number of ether oxygens (including phenoxy) is 2. The van der Waals surface area contributed by atoms with Crippen molar-refractivity contribution in [1.29, 1.82) is 0 Å². The maximum atomic E-state index is 12.6. The van der Waals surface area contributed by atoms with Crippen molar-refractivity contribution in [3.05, 3.63) is 52.5 Å². The second-order valence-electron chi connectivity index (χ2n) is 6.38. The Kier molecular flexibility index (Phi) is 7.69. The number of anilines is 2. The average molecular weight is 455 g/mol. The van der Waals surface area contributed by atoms with Gasteiger partial charge in [-0.15, -0.1) is 0 Å². The number of nitrogens with one attached hydrogen (secondary N) is 1. The van der Waals surface area contributed by atoms with Gasteiger partial charge in [-0.25, -0.2) is 13.2 Å². The first kappa shape index (κ1) is 23.5. The number of hydrogen-bond donors (Lipinski definition) is 1. The van der Waals surface area contributed by atoms with Crippen LogP contribution in [0.1, 0.15) is 22.8 Å². The van der Waals surface area contributed by atoms with Crippen molar-refractivity contribution in [2.45, 2.75) is 13.8 Å². The Bertz CT molecular complexity index is 1060. The number of benzene rings is 2. The summed E-state index contributed by atoms with van der Waals surface area (Å²) in [5, 5.41) is 2.96. The molecule has 0 spiro atoms. The number of esters is 1. The fourth-order valence-electron chi connectivity index (χ4n) is 2.70. The third-order valence-corrected chi connectivity index (χ3v) is 5.47. The Morgan fingerprint density at radius 2 is 1.87 bits per heavy atom. The lowest BCUT2D eigenvalue weighted by atomic mass is 10.1. The zero-order valence-electron chi connectivity index (χ0n) is 17.1. The van der Waals surface area contributed by atoms with E-state index in [0.717, 1.165) is 10.6 Å². The molecular formula is C20H23ClN2O6S. The Labute approximate surface area is 180 Å². The molecule has 2 aromatic carbocycles. The topological polar surface area (TPSA) is 102 Å². The molecule has 0 saturated carbocycles. The zero-order valence-corrected chi connectivity index (χ0v) is 18.6. The van der Waals surface area contributed by atoms with Crippen molar-refractivity contribution in [1.82, 2.24) is 0 Å². The predicted molar refractivity (Wildman–Crippen MR) is 116 cm³/mol. The first-order valence-electron chi connectivity index (χ1n) is 8.95. The monoisotopic (exact) mass is 454 g/mol. The second kappa shape index (κ2) is 9.82. The molecular weight excluding hydrogens is 432 g/mol. The van der Waals surface area contributed by atoms with E-state index >= 15 is 0 Å². The fourth-order valence-corrected chi connectivity index (χ4v) is 3.72. The van der Waals surface area contributed by atoms with Gasteiger partial charge in [0.1, 0.15) is 12.3 Å². The van der Waals surface area contributed by atoms with Crippen LogP contribution in [0.3, 0.4) is 0 Å². The molecule has 0 atom stereocenters.